The molecule has 0 saturated heterocycles. The second-order valence-corrected chi connectivity index (χ2v) is 6.71. The van der Waals surface area contributed by atoms with Crippen LogP contribution in [0.4, 0.5) is 10.5 Å². The number of fused-ring (bicyclic) bond motifs is 2. The molecule has 0 bridgehead atoms. The lowest BCUT2D eigenvalue weighted by atomic mass is 10.1. The second kappa shape index (κ2) is 8.24. The number of nitrogens with one attached hydrogen (secondary N) is 2. The molecule has 8 heteroatoms. The molecule has 0 fully saturated rings. The Balaban J connectivity index is 1.60. The Bertz CT molecular complexity index is 1080. The summed E-state index contributed by atoms with van der Waals surface area (Å²) >= 11 is 0. The van der Waals surface area contributed by atoms with Crippen molar-refractivity contribution in [2.45, 2.75) is 13.0 Å². The maximum absolute atomic E-state index is 12.7. The van der Waals surface area contributed by atoms with Crippen LogP contribution in [0, 0.1) is 0 Å². The number of aliphatic hydroxyl groups excluding tert-OH is 1. The number of amides is 2. The summed E-state index contributed by atoms with van der Waals surface area (Å²) in [6.07, 6.45) is 0.409. The molecule has 0 atom stereocenters. The van der Waals surface area contributed by atoms with Gasteiger partial charge in [0, 0.05) is 35.9 Å². The first-order valence-corrected chi connectivity index (χ1v) is 9.31. The number of aromatic amines is 1. The number of rotatable bonds is 6. The summed E-state index contributed by atoms with van der Waals surface area (Å²) in [4.78, 5) is 29.7. The number of hydrogen-bond donors (Lipinski definition) is 3. The highest BCUT2D eigenvalue weighted by atomic mass is 16.7. The molecule has 150 valence electrons. The first-order valence-electron chi connectivity index (χ1n) is 9.31. The average Bonchev–Trinajstić information content (AvgIpc) is 3.17. The molecule has 0 radical (unpaired) electrons. The van der Waals surface area contributed by atoms with Crippen LogP contribution in [0.15, 0.2) is 53.3 Å². The number of pyridine rings is 1. The summed E-state index contributed by atoms with van der Waals surface area (Å²) in [5.41, 5.74) is 1.46. The van der Waals surface area contributed by atoms with Gasteiger partial charge in [-0.15, -0.1) is 0 Å². The van der Waals surface area contributed by atoms with Crippen LogP contribution < -0.4 is 20.3 Å². The van der Waals surface area contributed by atoms with Crippen LogP contribution in [0.5, 0.6) is 11.5 Å². The molecule has 3 N–H and O–H groups in total. The number of aromatic nitrogens is 1. The molecule has 3 aromatic rings. The number of hydrogen-bond acceptors (Lipinski definition) is 5. The van der Waals surface area contributed by atoms with E-state index < -0.39 is 0 Å². The number of para-hydroxylation sites is 1. The predicted octanol–water partition coefficient (Wildman–Crippen LogP) is 2.67. The Morgan fingerprint density at radius 3 is 2.66 bits per heavy atom. The van der Waals surface area contributed by atoms with E-state index in [1.807, 2.05) is 18.2 Å². The van der Waals surface area contributed by atoms with Gasteiger partial charge in [0.25, 0.3) is 5.56 Å². The van der Waals surface area contributed by atoms with Crippen LogP contribution in [0.1, 0.15) is 12.0 Å². The third-order valence-electron chi connectivity index (χ3n) is 4.67. The van der Waals surface area contributed by atoms with Crippen LogP contribution >= 0.6 is 0 Å². The highest BCUT2D eigenvalue weighted by molar-refractivity contribution is 5.89. The fourth-order valence-electron chi connectivity index (χ4n) is 3.20. The van der Waals surface area contributed by atoms with E-state index in [9.17, 15) is 14.7 Å². The number of carbonyl (C=O) groups excluding carboxylic acids is 1. The normalized spacial score (nSPS) is 12.2. The van der Waals surface area contributed by atoms with Gasteiger partial charge in [-0.1, -0.05) is 18.2 Å². The first-order chi connectivity index (χ1) is 14.1. The van der Waals surface area contributed by atoms with Gasteiger partial charge in [-0.05, 0) is 30.7 Å². The Labute approximate surface area is 166 Å². The minimum Gasteiger partial charge on any atom is -0.454 e. The molecular formula is C21H21N3O5. The van der Waals surface area contributed by atoms with Crippen molar-refractivity contribution in [3.05, 3.63) is 64.4 Å². The molecule has 4 rings (SSSR count). The van der Waals surface area contributed by atoms with Crippen molar-refractivity contribution in [2.75, 3.05) is 25.3 Å². The van der Waals surface area contributed by atoms with Crippen LogP contribution in [-0.2, 0) is 6.54 Å². The van der Waals surface area contributed by atoms with Crippen molar-refractivity contribution in [1.82, 2.24) is 9.88 Å². The van der Waals surface area contributed by atoms with Gasteiger partial charge in [0.15, 0.2) is 11.5 Å². The van der Waals surface area contributed by atoms with E-state index in [2.05, 4.69) is 10.3 Å². The third-order valence-corrected chi connectivity index (χ3v) is 4.67. The van der Waals surface area contributed by atoms with Crippen LogP contribution in [0.2, 0.25) is 0 Å². The molecule has 8 nitrogen and oxygen atoms in total. The summed E-state index contributed by atoms with van der Waals surface area (Å²) in [5.74, 6) is 1.21. The number of aliphatic hydroxyl groups is 1. The van der Waals surface area contributed by atoms with Crippen LogP contribution in [0.25, 0.3) is 10.9 Å². The quantitative estimate of drug-likeness (QED) is 0.595. The summed E-state index contributed by atoms with van der Waals surface area (Å²) in [7, 11) is 0. The van der Waals surface area contributed by atoms with Gasteiger partial charge in [0.1, 0.15) is 0 Å². The highest BCUT2D eigenvalue weighted by Gasteiger charge is 2.18. The number of urea groups is 1. The molecular weight excluding hydrogens is 374 g/mol. The van der Waals surface area contributed by atoms with Gasteiger partial charge in [0.05, 0.1) is 12.1 Å². The molecule has 1 aliphatic heterocycles. The Kier molecular flexibility index (Phi) is 5.35. The van der Waals surface area contributed by atoms with Gasteiger partial charge >= 0.3 is 6.03 Å². The third kappa shape index (κ3) is 4.17. The lowest BCUT2D eigenvalue weighted by molar-refractivity contribution is 0.174. The smallest absolute Gasteiger partial charge is 0.322 e. The number of carbonyl (C=O) groups is 1. The van der Waals surface area contributed by atoms with Gasteiger partial charge < -0.3 is 29.8 Å². The topological polar surface area (TPSA) is 104 Å². The van der Waals surface area contributed by atoms with E-state index in [0.29, 0.717) is 41.2 Å². The van der Waals surface area contributed by atoms with E-state index in [-0.39, 0.29) is 31.5 Å². The lowest BCUT2D eigenvalue weighted by Gasteiger charge is -2.23. The number of ether oxygens (including phenoxy) is 2. The molecule has 2 aromatic carbocycles. The van der Waals surface area contributed by atoms with E-state index in [0.717, 1.165) is 5.39 Å². The van der Waals surface area contributed by atoms with E-state index in [1.54, 1.807) is 30.3 Å². The predicted molar refractivity (Wildman–Crippen MR) is 108 cm³/mol. The summed E-state index contributed by atoms with van der Waals surface area (Å²) in [6, 6.07) is 14.0. The molecule has 29 heavy (non-hydrogen) atoms. The van der Waals surface area contributed by atoms with Crippen molar-refractivity contribution in [3.8, 4) is 11.5 Å². The van der Waals surface area contributed by atoms with Gasteiger partial charge in [-0.25, -0.2) is 4.79 Å². The standard InChI is InChI=1S/C21H21N3O5/c25-8-4-7-24(21(27)22-16-5-2-1-3-6-16)12-15-9-14-10-18-19(29-13-28-18)11-17(14)23-20(15)26/h1-3,5-6,9-11,25H,4,7-8,12-13H2,(H,22,27)(H,23,26). The summed E-state index contributed by atoms with van der Waals surface area (Å²) in [6.45, 7) is 0.524. The van der Waals surface area contributed by atoms with Crippen molar-refractivity contribution in [1.29, 1.82) is 0 Å². The van der Waals surface area contributed by atoms with Crippen molar-refractivity contribution in [2.24, 2.45) is 0 Å². The first kappa shape index (κ1) is 18.8. The van der Waals surface area contributed by atoms with Gasteiger partial charge in [-0.3, -0.25) is 4.79 Å². The zero-order chi connectivity index (χ0) is 20.2. The highest BCUT2D eigenvalue weighted by Crippen LogP contribution is 2.35. The summed E-state index contributed by atoms with van der Waals surface area (Å²) in [5, 5.41) is 12.8. The Morgan fingerprint density at radius 2 is 1.90 bits per heavy atom. The molecule has 1 aromatic heterocycles. The average molecular weight is 395 g/mol. The summed E-state index contributed by atoms with van der Waals surface area (Å²) < 4.78 is 10.7. The number of nitrogens with zero attached hydrogens (tertiary/aromatic N) is 1. The number of benzene rings is 2. The van der Waals surface area contributed by atoms with E-state index in [1.165, 1.54) is 4.90 Å². The maximum atomic E-state index is 12.7. The molecule has 2 amide bonds. The van der Waals surface area contributed by atoms with Gasteiger partial charge in [-0.2, -0.15) is 0 Å². The van der Waals surface area contributed by atoms with E-state index in [4.69, 9.17) is 9.47 Å². The van der Waals surface area contributed by atoms with Gasteiger partial charge in [0.2, 0.25) is 6.79 Å². The van der Waals surface area contributed by atoms with Crippen LogP contribution in [0.3, 0.4) is 0 Å². The fourth-order valence-corrected chi connectivity index (χ4v) is 3.20. The van der Waals surface area contributed by atoms with Crippen molar-refractivity contribution in [3.63, 3.8) is 0 Å². The van der Waals surface area contributed by atoms with E-state index >= 15 is 0 Å². The Morgan fingerprint density at radius 1 is 1.14 bits per heavy atom. The fraction of sp³-hybridized carbons (Fsp3) is 0.238. The Hall–Kier alpha value is -3.52. The monoisotopic (exact) mass is 395 g/mol. The molecule has 0 aliphatic carbocycles. The molecule has 0 saturated carbocycles. The molecule has 1 aliphatic rings. The SMILES string of the molecule is O=C(Nc1ccccc1)N(CCCO)Cc1cc2cc3c(cc2[nH]c1=O)OCO3. The minimum absolute atomic E-state index is 0.0489. The maximum Gasteiger partial charge on any atom is 0.322 e. The lowest BCUT2D eigenvalue weighted by Crippen LogP contribution is -2.37. The molecule has 2 heterocycles. The molecule has 0 spiro atoms. The van der Waals surface area contributed by atoms with Crippen LogP contribution in [-0.4, -0.2) is 41.0 Å². The van der Waals surface area contributed by atoms with Crippen molar-refractivity contribution < 1.29 is 19.4 Å². The second-order valence-electron chi connectivity index (χ2n) is 6.71. The number of H-pyrrole nitrogens is 1. The largest absolute Gasteiger partial charge is 0.454 e. The zero-order valence-corrected chi connectivity index (χ0v) is 15.7. The van der Waals surface area contributed by atoms with Crippen molar-refractivity contribution >= 4 is 22.6 Å². The number of anilines is 1. The molecule has 0 unspecified atom stereocenters. The zero-order valence-electron chi connectivity index (χ0n) is 15.7. The minimum atomic E-state index is -0.338.